The second-order valence-electron chi connectivity index (χ2n) is 5.58. The average molecular weight is 309 g/mol. The standard InChI is InChI=1S/C13H15N3O4S/c1-21(19,20)8-2-3-15-9(6-8)13(18)16-10-4-7(10)5-11(16)12(14)17/h2-3,6-7,10-11H,4-5H2,1H3,(H2,14,17). The molecule has 112 valence electrons. The number of amides is 2. The third kappa shape index (κ3) is 2.39. The Balaban J connectivity index is 1.93. The van der Waals surface area contributed by atoms with Crippen LogP contribution in [0.3, 0.4) is 0 Å². The van der Waals surface area contributed by atoms with Gasteiger partial charge in [-0.05, 0) is 30.9 Å². The Labute approximate surface area is 122 Å². The van der Waals surface area contributed by atoms with Crippen molar-refractivity contribution in [3.05, 3.63) is 24.0 Å². The van der Waals surface area contributed by atoms with Gasteiger partial charge in [-0.3, -0.25) is 14.6 Å². The van der Waals surface area contributed by atoms with E-state index in [4.69, 9.17) is 5.73 Å². The molecule has 2 heterocycles. The van der Waals surface area contributed by atoms with Gasteiger partial charge in [-0.2, -0.15) is 0 Å². The highest BCUT2D eigenvalue weighted by Gasteiger charge is 2.55. The molecule has 2 N–H and O–H groups in total. The van der Waals surface area contributed by atoms with Gasteiger partial charge in [0, 0.05) is 18.5 Å². The topological polar surface area (TPSA) is 110 Å². The summed E-state index contributed by atoms with van der Waals surface area (Å²) < 4.78 is 23.1. The lowest BCUT2D eigenvalue weighted by Gasteiger charge is -2.24. The van der Waals surface area contributed by atoms with E-state index in [0.717, 1.165) is 12.7 Å². The highest BCUT2D eigenvalue weighted by atomic mass is 32.2. The molecule has 0 radical (unpaired) electrons. The number of fused-ring (bicyclic) bond motifs is 1. The monoisotopic (exact) mass is 309 g/mol. The Morgan fingerprint density at radius 2 is 2.10 bits per heavy atom. The first-order chi connectivity index (χ1) is 9.79. The zero-order chi connectivity index (χ0) is 15.4. The molecule has 1 aromatic heterocycles. The van der Waals surface area contributed by atoms with E-state index < -0.39 is 27.7 Å². The van der Waals surface area contributed by atoms with Crippen molar-refractivity contribution in [3.63, 3.8) is 0 Å². The van der Waals surface area contributed by atoms with Crippen LogP contribution in [0.15, 0.2) is 23.2 Å². The molecular weight excluding hydrogens is 294 g/mol. The van der Waals surface area contributed by atoms with Gasteiger partial charge in [0.05, 0.1) is 4.90 Å². The van der Waals surface area contributed by atoms with Crippen molar-refractivity contribution in [1.29, 1.82) is 0 Å². The van der Waals surface area contributed by atoms with E-state index in [2.05, 4.69) is 4.98 Å². The summed E-state index contributed by atoms with van der Waals surface area (Å²) in [7, 11) is -3.42. The minimum Gasteiger partial charge on any atom is -0.368 e. The number of piperidine rings is 1. The number of aromatic nitrogens is 1. The van der Waals surface area contributed by atoms with E-state index in [9.17, 15) is 18.0 Å². The van der Waals surface area contributed by atoms with Gasteiger partial charge < -0.3 is 10.6 Å². The molecule has 3 rings (SSSR count). The molecule has 0 aromatic carbocycles. The third-order valence-electron chi connectivity index (χ3n) is 4.05. The van der Waals surface area contributed by atoms with Crippen molar-refractivity contribution in [3.8, 4) is 0 Å². The highest BCUT2D eigenvalue weighted by molar-refractivity contribution is 7.90. The summed E-state index contributed by atoms with van der Waals surface area (Å²) in [6.07, 6.45) is 3.79. The first kappa shape index (κ1) is 14.0. The molecule has 2 fully saturated rings. The fourth-order valence-electron chi connectivity index (χ4n) is 2.89. The summed E-state index contributed by atoms with van der Waals surface area (Å²) in [5.41, 5.74) is 5.36. The Hall–Kier alpha value is -1.96. The smallest absolute Gasteiger partial charge is 0.273 e. The van der Waals surface area contributed by atoms with Crippen LogP contribution in [0, 0.1) is 5.92 Å². The maximum absolute atomic E-state index is 12.5. The molecule has 1 aliphatic heterocycles. The number of pyridine rings is 1. The number of hydrogen-bond acceptors (Lipinski definition) is 5. The SMILES string of the molecule is CS(=O)(=O)c1ccnc(C(=O)N2C(C(N)=O)CC3CC32)c1. The first-order valence-corrected chi connectivity index (χ1v) is 8.46. The molecule has 21 heavy (non-hydrogen) atoms. The molecule has 3 atom stereocenters. The number of carbonyl (C=O) groups excluding carboxylic acids is 2. The van der Waals surface area contributed by atoms with Crippen molar-refractivity contribution >= 4 is 21.7 Å². The van der Waals surface area contributed by atoms with Gasteiger partial charge >= 0.3 is 0 Å². The van der Waals surface area contributed by atoms with Crippen molar-refractivity contribution in [2.75, 3.05) is 6.26 Å². The summed E-state index contributed by atoms with van der Waals surface area (Å²) >= 11 is 0. The molecule has 7 nitrogen and oxygen atoms in total. The first-order valence-electron chi connectivity index (χ1n) is 6.57. The molecule has 2 amide bonds. The van der Waals surface area contributed by atoms with E-state index in [1.807, 2.05) is 0 Å². The molecular formula is C13H15N3O4S. The lowest BCUT2D eigenvalue weighted by molar-refractivity contribution is -0.122. The van der Waals surface area contributed by atoms with Crippen LogP contribution in [0.1, 0.15) is 23.3 Å². The molecule has 3 unspecified atom stereocenters. The quantitative estimate of drug-likeness (QED) is 0.815. The number of nitrogens with two attached hydrogens (primary N) is 1. The molecule has 1 aliphatic carbocycles. The minimum absolute atomic E-state index is 0.0247. The summed E-state index contributed by atoms with van der Waals surface area (Å²) in [5, 5.41) is 0. The maximum atomic E-state index is 12.5. The molecule has 0 bridgehead atoms. The van der Waals surface area contributed by atoms with E-state index >= 15 is 0 Å². The maximum Gasteiger partial charge on any atom is 0.273 e. The highest BCUT2D eigenvalue weighted by Crippen LogP contribution is 2.48. The van der Waals surface area contributed by atoms with Crippen LogP contribution >= 0.6 is 0 Å². The van der Waals surface area contributed by atoms with Crippen LogP contribution in [-0.2, 0) is 14.6 Å². The summed E-state index contributed by atoms with van der Waals surface area (Å²) in [4.78, 5) is 29.4. The largest absolute Gasteiger partial charge is 0.368 e. The van der Waals surface area contributed by atoms with Crippen LogP contribution in [0.5, 0.6) is 0 Å². The van der Waals surface area contributed by atoms with E-state index in [0.29, 0.717) is 12.3 Å². The fraction of sp³-hybridized carbons (Fsp3) is 0.462. The van der Waals surface area contributed by atoms with Gasteiger partial charge in [-0.25, -0.2) is 8.42 Å². The van der Waals surface area contributed by atoms with Crippen LogP contribution in [-0.4, -0.2) is 48.5 Å². The third-order valence-corrected chi connectivity index (χ3v) is 5.16. The van der Waals surface area contributed by atoms with Crippen molar-refractivity contribution < 1.29 is 18.0 Å². The molecule has 1 aromatic rings. The predicted molar refractivity (Wildman–Crippen MR) is 73.0 cm³/mol. The minimum atomic E-state index is -3.42. The van der Waals surface area contributed by atoms with E-state index in [1.54, 1.807) is 0 Å². The number of likely N-dealkylation sites (tertiary alicyclic amines) is 1. The zero-order valence-corrected chi connectivity index (χ0v) is 12.2. The normalized spacial score (nSPS) is 27.3. The Kier molecular flexibility index (Phi) is 3.01. The number of carbonyl (C=O) groups is 2. The summed E-state index contributed by atoms with van der Waals surface area (Å²) in [6.45, 7) is 0. The van der Waals surface area contributed by atoms with Crippen LogP contribution in [0.25, 0.3) is 0 Å². The summed E-state index contributed by atoms with van der Waals surface area (Å²) in [5.74, 6) is -0.645. The van der Waals surface area contributed by atoms with Gasteiger partial charge in [0.1, 0.15) is 11.7 Å². The number of primary amides is 1. The Morgan fingerprint density at radius 3 is 2.71 bits per heavy atom. The molecule has 2 aliphatic rings. The van der Waals surface area contributed by atoms with Crippen LogP contribution in [0.4, 0.5) is 0 Å². The van der Waals surface area contributed by atoms with Gasteiger partial charge in [-0.15, -0.1) is 0 Å². The van der Waals surface area contributed by atoms with Crippen molar-refractivity contribution in [1.82, 2.24) is 9.88 Å². The number of nitrogens with zero attached hydrogens (tertiary/aromatic N) is 2. The van der Waals surface area contributed by atoms with Crippen LogP contribution < -0.4 is 5.73 Å². The molecule has 8 heteroatoms. The van der Waals surface area contributed by atoms with Gasteiger partial charge in [0.2, 0.25) is 5.91 Å². The van der Waals surface area contributed by atoms with Crippen LogP contribution in [0.2, 0.25) is 0 Å². The van der Waals surface area contributed by atoms with E-state index in [-0.39, 0.29) is 16.6 Å². The lowest BCUT2D eigenvalue weighted by atomic mass is 10.1. The van der Waals surface area contributed by atoms with E-state index in [1.165, 1.54) is 23.2 Å². The average Bonchev–Trinajstić information content (AvgIpc) is 3.08. The van der Waals surface area contributed by atoms with Gasteiger partial charge in [0.15, 0.2) is 9.84 Å². The number of sulfone groups is 1. The van der Waals surface area contributed by atoms with Gasteiger partial charge in [0.25, 0.3) is 5.91 Å². The lowest BCUT2D eigenvalue weighted by Crippen LogP contribution is -2.46. The fourth-order valence-corrected chi connectivity index (χ4v) is 3.53. The molecule has 1 saturated carbocycles. The Bertz CT molecular complexity index is 731. The molecule has 1 saturated heterocycles. The second-order valence-corrected chi connectivity index (χ2v) is 7.59. The zero-order valence-electron chi connectivity index (χ0n) is 11.4. The number of rotatable bonds is 3. The second kappa shape index (κ2) is 4.52. The van der Waals surface area contributed by atoms with Gasteiger partial charge in [-0.1, -0.05) is 0 Å². The Morgan fingerprint density at radius 1 is 1.38 bits per heavy atom. The molecule has 0 spiro atoms. The predicted octanol–water partition coefficient (Wildman–Crippen LogP) is -0.427. The van der Waals surface area contributed by atoms with Crippen molar-refractivity contribution in [2.24, 2.45) is 11.7 Å². The van der Waals surface area contributed by atoms with Crippen molar-refractivity contribution in [2.45, 2.75) is 29.8 Å². The summed E-state index contributed by atoms with van der Waals surface area (Å²) in [6, 6.07) is 1.98. The number of hydrogen-bond donors (Lipinski definition) is 1.